The van der Waals surface area contributed by atoms with E-state index in [1.54, 1.807) is 0 Å². The minimum atomic E-state index is -0.473. The smallest absolute Gasteiger partial charge is 0.214 e. The quantitative estimate of drug-likeness (QED) is 0.512. The molecule has 0 aromatic heterocycles. The van der Waals surface area contributed by atoms with Crippen LogP contribution >= 0.6 is 0 Å². The minimum Gasteiger partial charge on any atom is -0.416 e. The highest BCUT2D eigenvalue weighted by Gasteiger charge is 2.33. The van der Waals surface area contributed by atoms with Gasteiger partial charge in [0.25, 0.3) is 0 Å². The molecule has 75 valence electrons. The van der Waals surface area contributed by atoms with Crippen molar-refractivity contribution < 1.29 is 9.16 Å². The Hall–Kier alpha value is 0.137. The van der Waals surface area contributed by atoms with Crippen LogP contribution in [-0.2, 0) is 9.16 Å². The molecule has 2 fully saturated rings. The molecule has 3 heteroatoms. The first kappa shape index (κ1) is 9.68. The Morgan fingerprint density at radius 1 is 1.46 bits per heavy atom. The second-order valence-electron chi connectivity index (χ2n) is 4.07. The van der Waals surface area contributed by atoms with Gasteiger partial charge < -0.3 is 9.16 Å². The molecule has 0 aromatic rings. The third kappa shape index (κ3) is 2.79. The zero-order valence-electron chi connectivity index (χ0n) is 8.42. The first-order valence-corrected chi connectivity index (χ1v) is 7.19. The predicted octanol–water partition coefficient (Wildman–Crippen LogP) is 2.36. The lowest BCUT2D eigenvalue weighted by atomic mass is 10.2. The standard InChI is InChI=1S/C10H19O2Si/c1-2-10(7-9-8-11-9)13-6-4-3-5-12-13/h9-10H,2-8H2,1H3. The van der Waals surface area contributed by atoms with E-state index in [4.69, 9.17) is 9.16 Å². The molecular weight excluding hydrogens is 180 g/mol. The fourth-order valence-electron chi connectivity index (χ4n) is 2.05. The fraction of sp³-hybridized carbons (Fsp3) is 1.00. The highest BCUT2D eigenvalue weighted by atomic mass is 28.3. The van der Waals surface area contributed by atoms with Gasteiger partial charge in [-0.05, 0) is 24.4 Å². The molecule has 0 bridgehead atoms. The molecular formula is C10H19O2Si. The van der Waals surface area contributed by atoms with Crippen molar-refractivity contribution >= 4 is 9.04 Å². The van der Waals surface area contributed by atoms with Crippen molar-refractivity contribution in [2.24, 2.45) is 0 Å². The molecule has 2 saturated heterocycles. The monoisotopic (exact) mass is 199 g/mol. The molecule has 0 amide bonds. The van der Waals surface area contributed by atoms with Crippen LogP contribution in [0.25, 0.3) is 0 Å². The van der Waals surface area contributed by atoms with E-state index < -0.39 is 9.04 Å². The molecule has 0 aliphatic carbocycles. The van der Waals surface area contributed by atoms with Crippen molar-refractivity contribution in [3.63, 3.8) is 0 Å². The molecule has 2 atom stereocenters. The summed E-state index contributed by atoms with van der Waals surface area (Å²) < 4.78 is 11.2. The first-order valence-electron chi connectivity index (χ1n) is 5.50. The Kier molecular flexibility index (Phi) is 3.41. The second-order valence-corrected chi connectivity index (χ2v) is 6.61. The van der Waals surface area contributed by atoms with Crippen LogP contribution in [0.2, 0.25) is 11.6 Å². The highest BCUT2D eigenvalue weighted by molar-refractivity contribution is 6.53. The largest absolute Gasteiger partial charge is 0.416 e. The van der Waals surface area contributed by atoms with Crippen LogP contribution in [0, 0.1) is 0 Å². The molecule has 0 saturated carbocycles. The minimum absolute atomic E-state index is 0.473. The van der Waals surface area contributed by atoms with Gasteiger partial charge in [-0.3, -0.25) is 0 Å². The van der Waals surface area contributed by atoms with Gasteiger partial charge in [0.1, 0.15) is 0 Å². The highest BCUT2D eigenvalue weighted by Crippen LogP contribution is 2.32. The van der Waals surface area contributed by atoms with E-state index in [0.717, 1.165) is 18.8 Å². The van der Waals surface area contributed by atoms with E-state index >= 15 is 0 Å². The van der Waals surface area contributed by atoms with Crippen molar-refractivity contribution in [2.75, 3.05) is 13.2 Å². The maximum absolute atomic E-state index is 5.91. The summed E-state index contributed by atoms with van der Waals surface area (Å²) in [6.45, 7) is 4.32. The molecule has 1 radical (unpaired) electrons. The third-order valence-corrected chi connectivity index (χ3v) is 5.98. The van der Waals surface area contributed by atoms with Gasteiger partial charge in [0.05, 0.1) is 12.7 Å². The zero-order valence-corrected chi connectivity index (χ0v) is 9.42. The van der Waals surface area contributed by atoms with Crippen LogP contribution in [0.15, 0.2) is 0 Å². The van der Waals surface area contributed by atoms with Crippen LogP contribution in [0.1, 0.15) is 32.6 Å². The van der Waals surface area contributed by atoms with Crippen LogP contribution in [-0.4, -0.2) is 28.4 Å². The summed E-state index contributed by atoms with van der Waals surface area (Å²) in [6, 6.07) is 1.37. The Balaban J connectivity index is 1.78. The van der Waals surface area contributed by atoms with E-state index in [9.17, 15) is 0 Å². The van der Waals surface area contributed by atoms with Crippen molar-refractivity contribution in [3.8, 4) is 0 Å². The van der Waals surface area contributed by atoms with Gasteiger partial charge in [0.2, 0.25) is 9.04 Å². The number of ether oxygens (including phenoxy) is 1. The average Bonchev–Trinajstić information content (AvgIpc) is 2.99. The molecule has 0 N–H and O–H groups in total. The van der Waals surface area contributed by atoms with E-state index in [0.29, 0.717) is 6.10 Å². The van der Waals surface area contributed by atoms with Crippen molar-refractivity contribution in [1.29, 1.82) is 0 Å². The molecule has 2 nitrogen and oxygen atoms in total. The lowest BCUT2D eigenvalue weighted by Gasteiger charge is -2.27. The first-order chi connectivity index (χ1) is 6.40. The third-order valence-electron chi connectivity index (χ3n) is 3.00. The van der Waals surface area contributed by atoms with Gasteiger partial charge in [0, 0.05) is 6.61 Å². The number of rotatable bonds is 4. The number of hydrogen-bond acceptors (Lipinski definition) is 2. The lowest BCUT2D eigenvalue weighted by molar-refractivity contribution is 0.273. The molecule has 2 unspecified atom stereocenters. The van der Waals surface area contributed by atoms with E-state index in [1.807, 2.05) is 0 Å². The molecule has 2 aliphatic rings. The van der Waals surface area contributed by atoms with Crippen molar-refractivity contribution in [1.82, 2.24) is 0 Å². The predicted molar refractivity (Wildman–Crippen MR) is 54.1 cm³/mol. The maximum Gasteiger partial charge on any atom is 0.214 e. The summed E-state index contributed by atoms with van der Waals surface area (Å²) in [5, 5.41) is 0. The molecule has 0 aromatic carbocycles. The lowest BCUT2D eigenvalue weighted by Crippen LogP contribution is -2.29. The average molecular weight is 199 g/mol. The normalized spacial score (nSPS) is 31.6. The number of epoxide rings is 1. The van der Waals surface area contributed by atoms with Crippen LogP contribution < -0.4 is 0 Å². The van der Waals surface area contributed by atoms with E-state index in [1.165, 1.54) is 31.7 Å². The Morgan fingerprint density at radius 3 is 2.85 bits per heavy atom. The topological polar surface area (TPSA) is 21.8 Å². The van der Waals surface area contributed by atoms with Gasteiger partial charge in [-0.15, -0.1) is 0 Å². The summed E-state index contributed by atoms with van der Waals surface area (Å²) >= 11 is 0. The Labute approximate surface area is 82.3 Å². The molecule has 0 spiro atoms. The summed E-state index contributed by atoms with van der Waals surface area (Å²) in [7, 11) is -0.473. The fourth-order valence-corrected chi connectivity index (χ4v) is 4.82. The maximum atomic E-state index is 5.91. The van der Waals surface area contributed by atoms with Crippen molar-refractivity contribution in [3.05, 3.63) is 0 Å². The summed E-state index contributed by atoms with van der Waals surface area (Å²) in [4.78, 5) is 0. The summed E-state index contributed by atoms with van der Waals surface area (Å²) in [5.74, 6) is 0. The second kappa shape index (κ2) is 4.58. The molecule has 2 heterocycles. The van der Waals surface area contributed by atoms with Crippen LogP contribution in [0.4, 0.5) is 0 Å². The van der Waals surface area contributed by atoms with Gasteiger partial charge in [0.15, 0.2) is 0 Å². The number of hydrogen-bond donors (Lipinski definition) is 0. The molecule has 2 aliphatic heterocycles. The van der Waals surface area contributed by atoms with E-state index in [-0.39, 0.29) is 0 Å². The van der Waals surface area contributed by atoms with E-state index in [2.05, 4.69) is 6.92 Å². The summed E-state index contributed by atoms with van der Waals surface area (Å²) in [6.07, 6.45) is 5.83. The Morgan fingerprint density at radius 2 is 2.31 bits per heavy atom. The van der Waals surface area contributed by atoms with Gasteiger partial charge in [-0.2, -0.15) is 0 Å². The SMILES string of the molecule is CCC(CC1CO1)[Si]1CCCCO1. The van der Waals surface area contributed by atoms with Gasteiger partial charge in [-0.25, -0.2) is 0 Å². The van der Waals surface area contributed by atoms with Gasteiger partial charge in [-0.1, -0.05) is 19.8 Å². The zero-order chi connectivity index (χ0) is 9.10. The Bertz CT molecular complexity index is 153. The van der Waals surface area contributed by atoms with Crippen LogP contribution in [0.5, 0.6) is 0 Å². The molecule has 2 rings (SSSR count). The van der Waals surface area contributed by atoms with Gasteiger partial charge >= 0.3 is 0 Å². The summed E-state index contributed by atoms with van der Waals surface area (Å²) in [5.41, 5.74) is 0.845. The van der Waals surface area contributed by atoms with Crippen LogP contribution in [0.3, 0.4) is 0 Å². The molecule has 13 heavy (non-hydrogen) atoms. The van der Waals surface area contributed by atoms with Crippen molar-refractivity contribution in [2.45, 2.75) is 50.3 Å².